The van der Waals surface area contributed by atoms with Crippen molar-refractivity contribution in [3.05, 3.63) is 131 Å². The Morgan fingerprint density at radius 2 is 0.705 bits per heavy atom. The molecule has 6 atom stereocenters. The molecule has 1 aliphatic rings. The summed E-state index contributed by atoms with van der Waals surface area (Å²) in [5.41, 5.74) is 3.68. The van der Waals surface area contributed by atoms with E-state index in [9.17, 15) is 10.2 Å². The van der Waals surface area contributed by atoms with Crippen LogP contribution >= 0.6 is 0 Å². The standard InChI is InChI=1S/C36H40O8/c1-39-29-17-13-27(14-18-29)23-42-34-32(38)31(37)33(41-21-25-9-5-3-6-10-25)35(43-22-26-11-7-4-8-12-26)36(34)44-24-28-15-19-30(40-2)20-16-28/h3-20,31-38H,21-24H2,1-2H3/t31-,32+,33-,34-,35+,36+/m0/s1. The van der Waals surface area contributed by atoms with Crippen LogP contribution < -0.4 is 9.47 Å². The maximum absolute atomic E-state index is 11.5. The van der Waals surface area contributed by atoms with Crippen LogP contribution in [0.2, 0.25) is 0 Å². The summed E-state index contributed by atoms with van der Waals surface area (Å²) in [5.74, 6) is 1.47. The average Bonchev–Trinajstić information content (AvgIpc) is 3.08. The van der Waals surface area contributed by atoms with Gasteiger partial charge in [-0.15, -0.1) is 0 Å². The van der Waals surface area contributed by atoms with Gasteiger partial charge in [-0.25, -0.2) is 0 Å². The third kappa shape index (κ3) is 8.24. The van der Waals surface area contributed by atoms with Crippen LogP contribution in [-0.2, 0) is 45.4 Å². The minimum Gasteiger partial charge on any atom is -0.497 e. The minimum atomic E-state index is -1.30. The number of aliphatic hydroxyl groups excluding tert-OH is 2. The summed E-state index contributed by atoms with van der Waals surface area (Å²) in [6, 6.07) is 34.5. The zero-order valence-electron chi connectivity index (χ0n) is 25.0. The van der Waals surface area contributed by atoms with Gasteiger partial charge in [0.2, 0.25) is 0 Å². The van der Waals surface area contributed by atoms with Gasteiger partial charge >= 0.3 is 0 Å². The van der Waals surface area contributed by atoms with Crippen LogP contribution in [0.15, 0.2) is 109 Å². The van der Waals surface area contributed by atoms with Crippen LogP contribution in [0.4, 0.5) is 0 Å². The smallest absolute Gasteiger partial charge is 0.118 e. The molecule has 0 heterocycles. The van der Waals surface area contributed by atoms with E-state index in [0.29, 0.717) is 0 Å². The Kier molecular flexibility index (Phi) is 11.4. The summed E-state index contributed by atoms with van der Waals surface area (Å²) in [6.07, 6.45) is -5.94. The Hall–Kier alpha value is -3.76. The molecule has 1 fully saturated rings. The molecular formula is C36H40O8. The molecule has 1 saturated carbocycles. The second-order valence-electron chi connectivity index (χ2n) is 10.8. The van der Waals surface area contributed by atoms with Crippen molar-refractivity contribution in [1.82, 2.24) is 0 Å². The molecule has 4 aromatic rings. The highest BCUT2D eigenvalue weighted by atomic mass is 16.6. The van der Waals surface area contributed by atoms with Crippen molar-refractivity contribution >= 4 is 0 Å². The molecule has 5 rings (SSSR count). The third-order valence-electron chi connectivity index (χ3n) is 7.77. The van der Waals surface area contributed by atoms with Crippen molar-refractivity contribution < 1.29 is 38.6 Å². The molecule has 232 valence electrons. The molecule has 0 radical (unpaired) electrons. The maximum Gasteiger partial charge on any atom is 0.118 e. The number of rotatable bonds is 14. The fourth-order valence-electron chi connectivity index (χ4n) is 5.28. The molecule has 8 heteroatoms. The Labute approximate surface area is 258 Å². The summed E-state index contributed by atoms with van der Waals surface area (Å²) in [5, 5.41) is 22.9. The highest BCUT2D eigenvalue weighted by Crippen LogP contribution is 2.33. The fourth-order valence-corrected chi connectivity index (χ4v) is 5.28. The van der Waals surface area contributed by atoms with Gasteiger partial charge in [0.25, 0.3) is 0 Å². The highest BCUT2D eigenvalue weighted by molar-refractivity contribution is 5.27. The van der Waals surface area contributed by atoms with Gasteiger partial charge in [-0.3, -0.25) is 0 Å². The van der Waals surface area contributed by atoms with Crippen LogP contribution in [0.25, 0.3) is 0 Å². The van der Waals surface area contributed by atoms with Gasteiger partial charge in [0.05, 0.1) is 40.6 Å². The Balaban J connectivity index is 1.42. The van der Waals surface area contributed by atoms with Crippen molar-refractivity contribution in [3.8, 4) is 11.5 Å². The van der Waals surface area contributed by atoms with Gasteiger partial charge in [-0.1, -0.05) is 84.9 Å². The maximum atomic E-state index is 11.5. The van der Waals surface area contributed by atoms with E-state index in [1.54, 1.807) is 14.2 Å². The van der Waals surface area contributed by atoms with Crippen LogP contribution in [0.3, 0.4) is 0 Å². The highest BCUT2D eigenvalue weighted by Gasteiger charge is 2.52. The first-order valence-electron chi connectivity index (χ1n) is 14.7. The summed E-state index contributed by atoms with van der Waals surface area (Å²) in [7, 11) is 3.23. The second-order valence-corrected chi connectivity index (χ2v) is 10.8. The Bertz CT molecular complexity index is 1380. The topological polar surface area (TPSA) is 95.8 Å². The van der Waals surface area contributed by atoms with Gasteiger partial charge < -0.3 is 38.6 Å². The number of hydrogen-bond acceptors (Lipinski definition) is 8. The van der Waals surface area contributed by atoms with Gasteiger partial charge in [-0.05, 0) is 46.5 Å². The molecule has 0 amide bonds. The van der Waals surface area contributed by atoms with E-state index in [0.717, 1.165) is 33.8 Å². The first kappa shape index (κ1) is 31.7. The number of benzene rings is 4. The predicted molar refractivity (Wildman–Crippen MR) is 165 cm³/mol. The van der Waals surface area contributed by atoms with Crippen molar-refractivity contribution in [1.29, 1.82) is 0 Å². The molecule has 0 spiro atoms. The summed E-state index contributed by atoms with van der Waals surface area (Å²) in [4.78, 5) is 0. The molecule has 0 aliphatic heterocycles. The molecule has 0 bridgehead atoms. The molecule has 8 nitrogen and oxygen atoms in total. The van der Waals surface area contributed by atoms with Crippen molar-refractivity contribution in [2.45, 2.75) is 63.1 Å². The lowest BCUT2D eigenvalue weighted by atomic mass is 9.84. The van der Waals surface area contributed by atoms with E-state index in [1.807, 2.05) is 109 Å². The van der Waals surface area contributed by atoms with Gasteiger partial charge in [0.15, 0.2) is 0 Å². The van der Waals surface area contributed by atoms with Crippen LogP contribution in [0.1, 0.15) is 22.3 Å². The zero-order chi connectivity index (χ0) is 30.7. The number of methoxy groups -OCH3 is 2. The summed E-state index contributed by atoms with van der Waals surface area (Å²) in [6.45, 7) is 0.883. The molecular weight excluding hydrogens is 560 g/mol. The molecule has 4 aromatic carbocycles. The van der Waals surface area contributed by atoms with Crippen molar-refractivity contribution in [3.63, 3.8) is 0 Å². The lowest BCUT2D eigenvalue weighted by Crippen LogP contribution is -2.66. The monoisotopic (exact) mass is 600 g/mol. The zero-order valence-corrected chi connectivity index (χ0v) is 25.0. The predicted octanol–water partition coefficient (Wildman–Crippen LogP) is 5.08. The van der Waals surface area contributed by atoms with Crippen molar-refractivity contribution in [2.24, 2.45) is 0 Å². The number of hydrogen-bond donors (Lipinski definition) is 2. The molecule has 2 N–H and O–H groups in total. The molecule has 44 heavy (non-hydrogen) atoms. The second kappa shape index (κ2) is 15.8. The lowest BCUT2D eigenvalue weighted by Gasteiger charge is -2.47. The molecule has 0 saturated heterocycles. The Morgan fingerprint density at radius 1 is 0.409 bits per heavy atom. The van der Waals surface area contributed by atoms with E-state index >= 15 is 0 Å². The largest absolute Gasteiger partial charge is 0.497 e. The average molecular weight is 601 g/mol. The molecule has 0 unspecified atom stereocenters. The first-order chi connectivity index (χ1) is 21.6. The summed E-state index contributed by atoms with van der Waals surface area (Å²) >= 11 is 0. The third-order valence-corrected chi connectivity index (χ3v) is 7.77. The van der Waals surface area contributed by atoms with Crippen LogP contribution in [-0.4, -0.2) is 61.1 Å². The first-order valence-corrected chi connectivity index (χ1v) is 14.7. The van der Waals surface area contributed by atoms with E-state index in [2.05, 4.69) is 0 Å². The van der Waals surface area contributed by atoms with E-state index in [1.165, 1.54) is 0 Å². The Morgan fingerprint density at radius 3 is 1.02 bits per heavy atom. The lowest BCUT2D eigenvalue weighted by molar-refractivity contribution is -0.273. The van der Waals surface area contributed by atoms with Gasteiger partial charge in [0, 0.05) is 0 Å². The number of aliphatic hydroxyl groups is 2. The number of ether oxygens (including phenoxy) is 6. The minimum absolute atomic E-state index is 0.182. The van der Waals surface area contributed by atoms with E-state index < -0.39 is 36.6 Å². The quantitative estimate of drug-likeness (QED) is 0.207. The van der Waals surface area contributed by atoms with Gasteiger partial charge in [0.1, 0.15) is 48.1 Å². The van der Waals surface area contributed by atoms with Crippen LogP contribution in [0.5, 0.6) is 11.5 Å². The SMILES string of the molecule is COc1ccc(CO[C@H]2[C@H](OCc3ccccc3)[C@@H](OCc3ccccc3)[C@@H](O)[C@@H](O)[C@@H]2OCc2ccc(OC)cc2)cc1. The van der Waals surface area contributed by atoms with Gasteiger partial charge in [-0.2, -0.15) is 0 Å². The van der Waals surface area contributed by atoms with Crippen molar-refractivity contribution in [2.75, 3.05) is 14.2 Å². The van der Waals surface area contributed by atoms with Crippen LogP contribution in [0, 0.1) is 0 Å². The molecule has 1 aliphatic carbocycles. The van der Waals surface area contributed by atoms with E-state index in [-0.39, 0.29) is 26.4 Å². The fraction of sp³-hybridized carbons (Fsp3) is 0.333. The molecule has 0 aromatic heterocycles. The van der Waals surface area contributed by atoms with E-state index in [4.69, 9.17) is 28.4 Å². The normalized spacial score (nSPS) is 23.3. The summed E-state index contributed by atoms with van der Waals surface area (Å²) < 4.78 is 36.2.